The van der Waals surface area contributed by atoms with Gasteiger partial charge in [-0.05, 0) is 23.6 Å². The quantitative estimate of drug-likeness (QED) is 0.594. The maximum Gasteiger partial charge on any atom is 0.0314 e. The second kappa shape index (κ2) is 3.77. The lowest BCUT2D eigenvalue weighted by atomic mass is 10.0. The average Bonchev–Trinajstić information content (AvgIpc) is 2.05. The second-order valence-electron chi connectivity index (χ2n) is 2.72. The van der Waals surface area contributed by atoms with E-state index >= 15 is 0 Å². The fraction of sp³-hybridized carbons (Fsp3) is 0.333. The fourth-order valence-corrected chi connectivity index (χ4v) is 1.29. The molecule has 11 heavy (non-hydrogen) atoms. The van der Waals surface area contributed by atoms with Gasteiger partial charge in [-0.15, -0.1) is 0 Å². The van der Waals surface area contributed by atoms with Gasteiger partial charge in [0.15, 0.2) is 0 Å². The predicted molar refractivity (Wildman–Crippen MR) is 53.1 cm³/mol. The minimum Gasteiger partial charge on any atom is -0.399 e. The predicted octanol–water partition coefficient (Wildman–Crippen LogP) is 2.77. The van der Waals surface area contributed by atoms with Crippen LogP contribution in [-0.4, -0.2) is 5.33 Å². The summed E-state index contributed by atoms with van der Waals surface area (Å²) in [5, 5.41) is 0.997. The third kappa shape index (κ3) is 2.22. The monoisotopic (exact) mass is 213 g/mol. The number of anilines is 1. The van der Waals surface area contributed by atoms with Gasteiger partial charge >= 0.3 is 0 Å². The molecule has 0 aliphatic carbocycles. The molecule has 0 aromatic heterocycles. The fourth-order valence-electron chi connectivity index (χ4n) is 0.914. The van der Waals surface area contributed by atoms with Crippen LogP contribution < -0.4 is 5.73 Å². The Morgan fingerprint density at radius 3 is 2.36 bits per heavy atom. The highest BCUT2D eigenvalue weighted by molar-refractivity contribution is 9.09. The van der Waals surface area contributed by atoms with Crippen molar-refractivity contribution in [3.63, 3.8) is 0 Å². The summed E-state index contributed by atoms with van der Waals surface area (Å²) in [6.45, 7) is 2.18. The van der Waals surface area contributed by atoms with E-state index in [1.807, 2.05) is 12.1 Å². The van der Waals surface area contributed by atoms with Crippen LogP contribution in [0.25, 0.3) is 0 Å². The van der Waals surface area contributed by atoms with Crippen molar-refractivity contribution in [1.82, 2.24) is 0 Å². The zero-order valence-corrected chi connectivity index (χ0v) is 8.14. The minimum absolute atomic E-state index is 0.565. The molecule has 0 radical (unpaired) electrons. The Morgan fingerprint density at radius 2 is 1.91 bits per heavy atom. The largest absolute Gasteiger partial charge is 0.399 e. The van der Waals surface area contributed by atoms with Crippen LogP contribution in [0.2, 0.25) is 0 Å². The lowest BCUT2D eigenvalue weighted by Gasteiger charge is -2.06. The van der Waals surface area contributed by atoms with Gasteiger partial charge in [0.2, 0.25) is 0 Å². The van der Waals surface area contributed by atoms with Crippen molar-refractivity contribution in [2.24, 2.45) is 0 Å². The van der Waals surface area contributed by atoms with Gasteiger partial charge in [0, 0.05) is 11.0 Å². The molecule has 0 aliphatic rings. The molecule has 1 unspecified atom stereocenters. The lowest BCUT2D eigenvalue weighted by molar-refractivity contribution is 0.888. The molecule has 0 aliphatic heterocycles. The number of halogens is 1. The normalized spacial score (nSPS) is 12.9. The molecule has 1 atom stereocenters. The summed E-state index contributed by atoms with van der Waals surface area (Å²) >= 11 is 3.44. The van der Waals surface area contributed by atoms with Crippen molar-refractivity contribution < 1.29 is 0 Å². The summed E-state index contributed by atoms with van der Waals surface area (Å²) < 4.78 is 0. The van der Waals surface area contributed by atoms with Crippen LogP contribution in [0.4, 0.5) is 5.69 Å². The van der Waals surface area contributed by atoms with E-state index in [0.29, 0.717) is 5.92 Å². The number of benzene rings is 1. The third-order valence-electron chi connectivity index (χ3n) is 1.74. The topological polar surface area (TPSA) is 26.0 Å². The van der Waals surface area contributed by atoms with Gasteiger partial charge in [0.25, 0.3) is 0 Å². The third-order valence-corrected chi connectivity index (χ3v) is 2.71. The Hall–Kier alpha value is -0.500. The Kier molecular flexibility index (Phi) is 2.94. The molecule has 0 spiro atoms. The van der Waals surface area contributed by atoms with Gasteiger partial charge in [-0.3, -0.25) is 0 Å². The van der Waals surface area contributed by atoms with Crippen LogP contribution in [-0.2, 0) is 0 Å². The number of hydrogen-bond donors (Lipinski definition) is 1. The molecule has 0 heterocycles. The number of nitrogens with two attached hydrogens (primary N) is 1. The molecular formula is C9H12BrN. The summed E-state index contributed by atoms with van der Waals surface area (Å²) in [5.74, 6) is 0.565. The summed E-state index contributed by atoms with van der Waals surface area (Å²) in [4.78, 5) is 0. The highest BCUT2D eigenvalue weighted by Crippen LogP contribution is 2.18. The molecule has 0 saturated heterocycles. The maximum atomic E-state index is 5.56. The highest BCUT2D eigenvalue weighted by Gasteiger charge is 2.01. The second-order valence-corrected chi connectivity index (χ2v) is 3.37. The van der Waals surface area contributed by atoms with Gasteiger partial charge < -0.3 is 5.73 Å². The molecule has 0 bridgehead atoms. The van der Waals surface area contributed by atoms with Gasteiger partial charge in [-0.25, -0.2) is 0 Å². The smallest absolute Gasteiger partial charge is 0.0314 e. The molecule has 2 N–H and O–H groups in total. The minimum atomic E-state index is 0.565. The molecule has 1 rings (SSSR count). The number of rotatable bonds is 2. The van der Waals surface area contributed by atoms with Crippen molar-refractivity contribution in [2.75, 3.05) is 11.1 Å². The van der Waals surface area contributed by atoms with Gasteiger partial charge in [-0.2, -0.15) is 0 Å². The van der Waals surface area contributed by atoms with E-state index in [1.165, 1.54) is 5.56 Å². The zero-order chi connectivity index (χ0) is 8.27. The van der Waals surface area contributed by atoms with Gasteiger partial charge in [0.1, 0.15) is 0 Å². The van der Waals surface area contributed by atoms with E-state index in [0.717, 1.165) is 11.0 Å². The van der Waals surface area contributed by atoms with E-state index in [-0.39, 0.29) is 0 Å². The van der Waals surface area contributed by atoms with E-state index in [9.17, 15) is 0 Å². The summed E-state index contributed by atoms with van der Waals surface area (Å²) in [7, 11) is 0. The van der Waals surface area contributed by atoms with Gasteiger partial charge in [0.05, 0.1) is 0 Å². The van der Waals surface area contributed by atoms with Crippen molar-refractivity contribution in [3.8, 4) is 0 Å². The molecule has 0 amide bonds. The van der Waals surface area contributed by atoms with Crippen molar-refractivity contribution in [3.05, 3.63) is 29.8 Å². The lowest BCUT2D eigenvalue weighted by Crippen LogP contribution is -1.94. The summed E-state index contributed by atoms with van der Waals surface area (Å²) in [5.41, 5.74) is 7.72. The standard InChI is InChI=1S/C9H12BrN/c1-7(6-10)8-2-4-9(11)5-3-8/h2-5,7H,6,11H2,1H3. The van der Waals surface area contributed by atoms with E-state index < -0.39 is 0 Å². The Morgan fingerprint density at radius 1 is 1.36 bits per heavy atom. The average molecular weight is 214 g/mol. The van der Waals surface area contributed by atoms with Crippen LogP contribution in [0, 0.1) is 0 Å². The van der Waals surface area contributed by atoms with Crippen LogP contribution in [0.5, 0.6) is 0 Å². The Labute approximate surface area is 75.7 Å². The zero-order valence-electron chi connectivity index (χ0n) is 6.55. The first-order chi connectivity index (χ1) is 5.24. The SMILES string of the molecule is CC(CBr)c1ccc(N)cc1. The number of alkyl halides is 1. The van der Waals surface area contributed by atoms with Crippen molar-refractivity contribution in [1.29, 1.82) is 0 Å². The number of hydrogen-bond acceptors (Lipinski definition) is 1. The first kappa shape index (κ1) is 8.60. The van der Waals surface area contributed by atoms with E-state index in [4.69, 9.17) is 5.73 Å². The van der Waals surface area contributed by atoms with E-state index in [2.05, 4.69) is 35.0 Å². The molecule has 0 fully saturated rings. The van der Waals surface area contributed by atoms with Crippen molar-refractivity contribution in [2.45, 2.75) is 12.8 Å². The van der Waals surface area contributed by atoms with Crippen LogP contribution >= 0.6 is 15.9 Å². The number of nitrogen functional groups attached to an aromatic ring is 1. The van der Waals surface area contributed by atoms with Crippen LogP contribution in [0.1, 0.15) is 18.4 Å². The van der Waals surface area contributed by atoms with Crippen LogP contribution in [0.15, 0.2) is 24.3 Å². The highest BCUT2D eigenvalue weighted by atomic mass is 79.9. The maximum absolute atomic E-state index is 5.56. The first-order valence-corrected chi connectivity index (χ1v) is 4.77. The molecule has 1 aromatic rings. The Balaban J connectivity index is 2.81. The first-order valence-electron chi connectivity index (χ1n) is 3.65. The van der Waals surface area contributed by atoms with E-state index in [1.54, 1.807) is 0 Å². The molecule has 1 nitrogen and oxygen atoms in total. The summed E-state index contributed by atoms with van der Waals surface area (Å²) in [6, 6.07) is 8.02. The van der Waals surface area contributed by atoms with Gasteiger partial charge in [-0.1, -0.05) is 35.0 Å². The summed E-state index contributed by atoms with van der Waals surface area (Å²) in [6.07, 6.45) is 0. The van der Waals surface area contributed by atoms with Crippen LogP contribution in [0.3, 0.4) is 0 Å². The molecular weight excluding hydrogens is 202 g/mol. The Bertz CT molecular complexity index is 218. The molecule has 2 heteroatoms. The van der Waals surface area contributed by atoms with Crippen molar-refractivity contribution >= 4 is 21.6 Å². The molecule has 60 valence electrons. The molecule has 0 saturated carbocycles. The molecule has 1 aromatic carbocycles.